The lowest BCUT2D eigenvalue weighted by Crippen LogP contribution is -2.42. The van der Waals surface area contributed by atoms with Crippen molar-refractivity contribution in [3.8, 4) is 17.2 Å². The van der Waals surface area contributed by atoms with E-state index in [0.29, 0.717) is 28.6 Å². The van der Waals surface area contributed by atoms with Crippen LogP contribution in [-0.2, 0) is 14.4 Å². The Morgan fingerprint density at radius 2 is 1.63 bits per heavy atom. The predicted octanol–water partition coefficient (Wildman–Crippen LogP) is 6.30. The average Bonchev–Trinajstić information content (AvgIpc) is 3.89. The highest BCUT2D eigenvalue weighted by Crippen LogP contribution is 2.68. The molecule has 0 unspecified atom stereocenters. The maximum Gasteiger partial charge on any atom is 0.305 e. The zero-order valence-electron chi connectivity index (χ0n) is 27.7. The normalized spacial score (nSPS) is 25.8. The van der Waals surface area contributed by atoms with Crippen LogP contribution in [-0.4, -0.2) is 48.8 Å². The number of carbonyl (C=O) groups excluding carboxylic acids is 3. The molecule has 2 N–H and O–H groups in total. The Balaban J connectivity index is 0.986. The van der Waals surface area contributed by atoms with E-state index < -0.39 is 11.8 Å². The minimum atomic E-state index is -0.420. The van der Waals surface area contributed by atoms with Gasteiger partial charge >= 0.3 is 4.87 Å². The predicted molar refractivity (Wildman–Crippen MR) is 195 cm³/mol. The summed E-state index contributed by atoms with van der Waals surface area (Å²) in [5.41, 5.74) is 2.17. The van der Waals surface area contributed by atoms with Crippen LogP contribution in [0.4, 0.5) is 11.4 Å². The molecule has 3 amide bonds. The Labute approximate surface area is 301 Å². The molecule has 7 atom stereocenters. The zero-order valence-corrected chi connectivity index (χ0v) is 29.3. The van der Waals surface area contributed by atoms with E-state index in [1.807, 2.05) is 54.6 Å². The lowest BCUT2D eigenvalue weighted by Gasteiger charge is -2.43. The number of ether oxygens (including phenoxy) is 3. The monoisotopic (exact) mass is 719 g/mol. The number of amides is 3. The third-order valence-corrected chi connectivity index (χ3v) is 13.6. The van der Waals surface area contributed by atoms with Gasteiger partial charge in [-0.25, -0.2) is 0 Å². The van der Waals surface area contributed by atoms with Crippen LogP contribution < -0.4 is 29.3 Å². The van der Waals surface area contributed by atoms with Crippen molar-refractivity contribution < 1.29 is 28.6 Å². The first-order valence-corrected chi connectivity index (χ1v) is 18.5. The van der Waals surface area contributed by atoms with Gasteiger partial charge in [0.05, 0.1) is 36.8 Å². The average molecular weight is 720 g/mol. The number of methoxy groups -OCH3 is 2. The summed E-state index contributed by atoms with van der Waals surface area (Å²) in [5, 5.41) is 5.89. The number of nitrogens with zero attached hydrogens (tertiary/aromatic N) is 1. The van der Waals surface area contributed by atoms with Crippen molar-refractivity contribution in [2.45, 2.75) is 22.6 Å². The Bertz CT molecular complexity index is 2280. The van der Waals surface area contributed by atoms with Gasteiger partial charge in [-0.3, -0.25) is 24.1 Å². The summed E-state index contributed by atoms with van der Waals surface area (Å²) in [6.45, 7) is -0.218. The number of hydrogen-bond donors (Lipinski definition) is 2. The largest absolute Gasteiger partial charge is 0.497 e. The molecular formula is C39H33N3O7S2. The van der Waals surface area contributed by atoms with E-state index in [2.05, 4.69) is 10.3 Å². The van der Waals surface area contributed by atoms with Gasteiger partial charge in [0.1, 0.15) is 5.75 Å². The number of nitrogens with one attached hydrogen (secondary N) is 2. The van der Waals surface area contributed by atoms with Crippen LogP contribution in [0.25, 0.3) is 10.8 Å². The fraction of sp³-hybridized carbons (Fsp3) is 0.282. The van der Waals surface area contributed by atoms with Crippen LogP contribution in [0.15, 0.2) is 94.7 Å². The highest BCUT2D eigenvalue weighted by molar-refractivity contribution is 8.00. The topological polar surface area (TPSA) is 127 Å². The Hall–Kier alpha value is -5.07. The first-order chi connectivity index (χ1) is 24.8. The summed E-state index contributed by atoms with van der Waals surface area (Å²) in [5.74, 6) is -0.0812. The minimum Gasteiger partial charge on any atom is -0.497 e. The molecule has 2 aliphatic heterocycles. The van der Waals surface area contributed by atoms with Gasteiger partial charge in [0.25, 0.3) is 5.91 Å². The first kappa shape index (κ1) is 31.9. The smallest absolute Gasteiger partial charge is 0.305 e. The minimum absolute atomic E-state index is 0.000585. The van der Waals surface area contributed by atoms with E-state index >= 15 is 0 Å². The molecule has 4 aliphatic rings. The molecule has 3 heterocycles. The van der Waals surface area contributed by atoms with Gasteiger partial charge in [-0.2, -0.15) is 0 Å². The third kappa shape index (κ3) is 5.14. The number of H-pyrrole nitrogens is 1. The van der Waals surface area contributed by atoms with Crippen LogP contribution in [0.1, 0.15) is 22.8 Å². The summed E-state index contributed by atoms with van der Waals surface area (Å²) >= 11 is 2.84. The van der Waals surface area contributed by atoms with E-state index in [0.717, 1.165) is 32.7 Å². The molecule has 1 aromatic heterocycles. The molecule has 51 heavy (non-hydrogen) atoms. The standard InChI is InChI=1S/C39H33N3O7S2/c1-47-24-12-10-23(11-13-24)42-37(44)32-25-17-26(33(32)38(42)45)34-31(25)30(35-36(50-34)41-39(46)51-35)21-8-14-27(28(16-21)48-2)49-18-29(43)40-22-9-7-19-5-3-4-6-20(19)15-22/h3-16,25-26,30-34H,17-18H2,1-2H3,(H,40,43)(H,41,46)/t25-,26-,30+,31-,32+,33+,34-/m1/s1. The second-order valence-electron chi connectivity index (χ2n) is 13.5. The van der Waals surface area contributed by atoms with Crippen LogP contribution in [0, 0.1) is 29.6 Å². The summed E-state index contributed by atoms with van der Waals surface area (Å²) in [4.78, 5) is 58.9. The van der Waals surface area contributed by atoms with Crippen molar-refractivity contribution in [3.05, 3.63) is 105 Å². The molecule has 2 bridgehead atoms. The second-order valence-corrected chi connectivity index (χ2v) is 15.7. The maximum absolute atomic E-state index is 14.1. The van der Waals surface area contributed by atoms with Gasteiger partial charge in [-0.1, -0.05) is 47.7 Å². The van der Waals surface area contributed by atoms with E-state index in [4.69, 9.17) is 14.2 Å². The zero-order chi connectivity index (χ0) is 35.0. The Morgan fingerprint density at radius 3 is 2.39 bits per heavy atom. The molecular weight excluding hydrogens is 687 g/mol. The fourth-order valence-electron chi connectivity index (χ4n) is 8.98. The molecule has 12 heteroatoms. The summed E-state index contributed by atoms with van der Waals surface area (Å²) in [7, 11) is 3.13. The Kier molecular flexibility index (Phi) is 7.69. The highest BCUT2D eigenvalue weighted by atomic mass is 32.2. The van der Waals surface area contributed by atoms with Crippen molar-refractivity contribution in [2.24, 2.45) is 29.6 Å². The number of rotatable bonds is 8. The number of thioether (sulfide) groups is 1. The molecule has 9 rings (SSSR count). The van der Waals surface area contributed by atoms with Crippen LogP contribution >= 0.6 is 23.1 Å². The van der Waals surface area contributed by atoms with E-state index in [1.165, 1.54) is 16.2 Å². The third-order valence-electron chi connectivity index (χ3n) is 11.0. The fourth-order valence-corrected chi connectivity index (χ4v) is 11.9. The Morgan fingerprint density at radius 1 is 0.863 bits per heavy atom. The molecule has 258 valence electrons. The number of benzene rings is 4. The molecule has 4 aromatic carbocycles. The number of imide groups is 1. The SMILES string of the molecule is COc1ccc(N2C(=O)[C@H]3[C@H]4C[C@@H]([C@@H]3C2=O)[C@@H]2[C@H](c3ccc(OCC(=O)Nc5ccc6ccccc6c5)c(OC)c3)c3sc(=O)[nH]c3S[C@H]42)cc1. The molecule has 2 aliphatic carbocycles. The van der Waals surface area contributed by atoms with Gasteiger partial charge in [-0.05, 0) is 89.0 Å². The summed E-state index contributed by atoms with van der Waals surface area (Å²) in [6.07, 6.45) is 0.784. The lowest BCUT2D eigenvalue weighted by atomic mass is 9.68. The van der Waals surface area contributed by atoms with Crippen molar-refractivity contribution in [2.75, 3.05) is 31.0 Å². The second kappa shape index (κ2) is 12.3. The van der Waals surface area contributed by atoms with Crippen molar-refractivity contribution in [1.82, 2.24) is 4.98 Å². The first-order valence-electron chi connectivity index (χ1n) is 16.8. The maximum atomic E-state index is 14.1. The van der Waals surface area contributed by atoms with Gasteiger partial charge < -0.3 is 24.5 Å². The number of thiazole rings is 1. The van der Waals surface area contributed by atoms with Crippen LogP contribution in [0.5, 0.6) is 17.2 Å². The van der Waals surface area contributed by atoms with E-state index in [9.17, 15) is 19.2 Å². The van der Waals surface area contributed by atoms with Crippen molar-refractivity contribution in [1.29, 1.82) is 0 Å². The number of hydrogen-bond acceptors (Lipinski definition) is 9. The van der Waals surface area contributed by atoms with Gasteiger partial charge in [0.15, 0.2) is 18.1 Å². The van der Waals surface area contributed by atoms with Crippen LogP contribution in [0.2, 0.25) is 0 Å². The van der Waals surface area contributed by atoms with Gasteiger partial charge in [-0.15, -0.1) is 11.8 Å². The molecule has 1 saturated heterocycles. The number of carbonyl (C=O) groups is 3. The molecule has 2 saturated carbocycles. The molecule has 5 aromatic rings. The molecule has 3 fully saturated rings. The van der Waals surface area contributed by atoms with Crippen LogP contribution in [0.3, 0.4) is 0 Å². The number of anilines is 2. The molecule has 0 radical (unpaired) electrons. The summed E-state index contributed by atoms with van der Waals surface area (Å²) < 4.78 is 17.0. The van der Waals surface area contributed by atoms with E-state index in [-0.39, 0.29) is 58.1 Å². The number of aromatic amines is 1. The number of fused-ring (bicyclic) bond motifs is 10. The van der Waals surface area contributed by atoms with Gasteiger partial charge in [0.2, 0.25) is 11.8 Å². The highest BCUT2D eigenvalue weighted by Gasteiger charge is 2.69. The van der Waals surface area contributed by atoms with Gasteiger partial charge in [0, 0.05) is 21.7 Å². The number of aromatic nitrogens is 1. The quantitative estimate of drug-likeness (QED) is 0.179. The van der Waals surface area contributed by atoms with Crippen molar-refractivity contribution >= 4 is 63.0 Å². The van der Waals surface area contributed by atoms with Crippen molar-refractivity contribution in [3.63, 3.8) is 0 Å². The molecule has 10 nitrogen and oxygen atoms in total. The van der Waals surface area contributed by atoms with E-state index in [1.54, 1.807) is 56.3 Å². The summed E-state index contributed by atoms with van der Waals surface area (Å²) in [6, 6.07) is 26.4. The molecule has 0 spiro atoms. The lowest BCUT2D eigenvalue weighted by molar-refractivity contribution is -0.123.